The molecule has 19 heavy (non-hydrogen) atoms. The zero-order chi connectivity index (χ0) is 13.7. The summed E-state index contributed by atoms with van der Waals surface area (Å²) in [6, 6.07) is 0. The van der Waals surface area contributed by atoms with Crippen molar-refractivity contribution in [1.82, 2.24) is 15.0 Å². The van der Waals surface area contributed by atoms with Gasteiger partial charge in [0.1, 0.15) is 5.82 Å². The van der Waals surface area contributed by atoms with Gasteiger partial charge in [0.25, 0.3) is 0 Å². The third-order valence-corrected chi connectivity index (χ3v) is 4.50. The molecule has 2 heterocycles. The zero-order valence-electron chi connectivity index (χ0n) is 11.1. The Morgan fingerprint density at radius 1 is 1.26 bits per heavy atom. The van der Waals surface area contributed by atoms with Crippen molar-refractivity contribution in [3.8, 4) is 10.7 Å². The monoisotopic (exact) mass is 388 g/mol. The number of rotatable bonds is 6. The Balaban J connectivity index is 2.41. The van der Waals surface area contributed by atoms with Crippen LogP contribution < -0.4 is 5.32 Å². The molecule has 0 unspecified atom stereocenters. The number of aryl methyl sites for hydroxylation is 1. The van der Waals surface area contributed by atoms with Crippen molar-refractivity contribution in [3.05, 3.63) is 21.0 Å². The van der Waals surface area contributed by atoms with Crippen molar-refractivity contribution >= 4 is 39.7 Å². The summed E-state index contributed by atoms with van der Waals surface area (Å²) in [6.45, 7) is 5.25. The summed E-state index contributed by atoms with van der Waals surface area (Å²) < 4.78 is 1.14. The van der Waals surface area contributed by atoms with Gasteiger partial charge in [-0.2, -0.15) is 0 Å². The van der Waals surface area contributed by atoms with E-state index in [1.54, 1.807) is 11.3 Å². The lowest BCUT2D eigenvalue weighted by molar-refractivity contribution is 0.864. The van der Waals surface area contributed by atoms with Crippen LogP contribution in [0.5, 0.6) is 0 Å². The van der Waals surface area contributed by atoms with Crippen LogP contribution in [0.4, 0.5) is 5.82 Å². The summed E-state index contributed by atoms with van der Waals surface area (Å²) in [5, 5.41) is 3.39. The number of hydrogen-bond acceptors (Lipinski definition) is 5. The number of hydrogen-bond donors (Lipinski definition) is 1. The van der Waals surface area contributed by atoms with Crippen LogP contribution in [0.25, 0.3) is 10.7 Å². The minimum atomic E-state index is 0.782. The topological polar surface area (TPSA) is 50.7 Å². The third-order valence-electron chi connectivity index (χ3n) is 2.60. The van der Waals surface area contributed by atoms with E-state index in [4.69, 9.17) is 0 Å². The van der Waals surface area contributed by atoms with Crippen LogP contribution in [0.3, 0.4) is 0 Å². The van der Waals surface area contributed by atoms with Crippen LogP contribution in [-0.2, 0) is 6.42 Å². The van der Waals surface area contributed by atoms with E-state index in [-0.39, 0.29) is 0 Å². The van der Waals surface area contributed by atoms with Crippen molar-refractivity contribution in [2.45, 2.75) is 33.1 Å². The zero-order valence-corrected chi connectivity index (χ0v) is 14.1. The van der Waals surface area contributed by atoms with Crippen LogP contribution in [0.15, 0.2) is 11.7 Å². The van der Waals surface area contributed by atoms with Crippen molar-refractivity contribution in [2.24, 2.45) is 0 Å². The molecule has 0 spiro atoms. The van der Waals surface area contributed by atoms with E-state index >= 15 is 0 Å². The molecule has 0 bridgehead atoms. The SMILES string of the molecule is CCCNc1nc(-c2cncs2)nc(CCC)c1I. The molecule has 0 atom stereocenters. The van der Waals surface area contributed by atoms with E-state index in [9.17, 15) is 0 Å². The molecule has 0 saturated carbocycles. The van der Waals surface area contributed by atoms with Crippen LogP contribution in [0.1, 0.15) is 32.4 Å². The van der Waals surface area contributed by atoms with E-state index in [2.05, 4.69) is 56.7 Å². The van der Waals surface area contributed by atoms with Crippen molar-refractivity contribution in [1.29, 1.82) is 0 Å². The van der Waals surface area contributed by atoms with Crippen molar-refractivity contribution in [2.75, 3.05) is 11.9 Å². The molecule has 0 fully saturated rings. The van der Waals surface area contributed by atoms with E-state index < -0.39 is 0 Å². The number of aromatic nitrogens is 3. The fourth-order valence-electron chi connectivity index (χ4n) is 1.69. The normalized spacial score (nSPS) is 10.7. The summed E-state index contributed by atoms with van der Waals surface area (Å²) in [5.41, 5.74) is 2.94. The third kappa shape index (κ3) is 3.62. The predicted molar refractivity (Wildman–Crippen MR) is 88.6 cm³/mol. The van der Waals surface area contributed by atoms with E-state index in [1.165, 1.54) is 0 Å². The molecular weight excluding hydrogens is 371 g/mol. The molecule has 0 amide bonds. The smallest absolute Gasteiger partial charge is 0.173 e. The lowest BCUT2D eigenvalue weighted by atomic mass is 10.2. The standard InChI is InChI=1S/C13H17IN4S/c1-3-5-9-11(14)13(16-6-4-2)18-12(17-9)10-7-15-8-19-10/h7-8H,3-6H2,1-2H3,(H,16,17,18). The number of nitrogens with zero attached hydrogens (tertiary/aromatic N) is 3. The summed E-state index contributed by atoms with van der Waals surface area (Å²) in [7, 11) is 0. The number of nitrogens with one attached hydrogen (secondary N) is 1. The van der Waals surface area contributed by atoms with Crippen LogP contribution >= 0.6 is 33.9 Å². The largest absolute Gasteiger partial charge is 0.369 e. The quantitative estimate of drug-likeness (QED) is 0.761. The first-order chi connectivity index (χ1) is 9.26. The van der Waals surface area contributed by atoms with E-state index in [1.807, 2.05) is 11.7 Å². The molecule has 4 nitrogen and oxygen atoms in total. The summed E-state index contributed by atoms with van der Waals surface area (Å²) in [4.78, 5) is 14.4. The Hall–Kier alpha value is -0.760. The molecule has 2 aromatic rings. The molecule has 0 aliphatic carbocycles. The first kappa shape index (κ1) is 14.6. The predicted octanol–water partition coefficient (Wildman–Crippen LogP) is 3.98. The van der Waals surface area contributed by atoms with Crippen LogP contribution in [-0.4, -0.2) is 21.5 Å². The highest BCUT2D eigenvalue weighted by Crippen LogP contribution is 2.26. The van der Waals surface area contributed by atoms with Gasteiger partial charge in [-0.15, -0.1) is 11.3 Å². The minimum absolute atomic E-state index is 0.782. The molecular formula is C13H17IN4S. The molecule has 102 valence electrons. The molecule has 0 aliphatic heterocycles. The first-order valence-electron chi connectivity index (χ1n) is 6.45. The molecule has 0 saturated heterocycles. The second kappa shape index (κ2) is 7.14. The Bertz CT molecular complexity index is 528. The Morgan fingerprint density at radius 2 is 2.11 bits per heavy atom. The van der Waals surface area contributed by atoms with Crippen LogP contribution in [0.2, 0.25) is 0 Å². The van der Waals surface area contributed by atoms with Gasteiger partial charge in [0, 0.05) is 12.7 Å². The number of thiazole rings is 1. The first-order valence-corrected chi connectivity index (χ1v) is 8.41. The maximum Gasteiger partial charge on any atom is 0.173 e. The lowest BCUT2D eigenvalue weighted by Gasteiger charge is -2.11. The van der Waals surface area contributed by atoms with Gasteiger partial charge < -0.3 is 5.32 Å². The number of anilines is 1. The molecule has 2 rings (SSSR count). The van der Waals surface area contributed by atoms with Crippen molar-refractivity contribution in [3.63, 3.8) is 0 Å². The lowest BCUT2D eigenvalue weighted by Crippen LogP contribution is -2.09. The Morgan fingerprint density at radius 3 is 2.74 bits per heavy atom. The summed E-state index contributed by atoms with van der Waals surface area (Å²) in [6.07, 6.45) is 4.97. The highest BCUT2D eigenvalue weighted by atomic mass is 127. The molecule has 6 heteroatoms. The van der Waals surface area contributed by atoms with Gasteiger partial charge in [0.05, 0.1) is 19.7 Å². The molecule has 1 N–H and O–H groups in total. The summed E-state index contributed by atoms with van der Waals surface area (Å²) in [5.74, 6) is 1.73. The van der Waals surface area contributed by atoms with Gasteiger partial charge in [-0.3, -0.25) is 4.98 Å². The second-order valence-electron chi connectivity index (χ2n) is 4.20. The molecule has 2 aromatic heterocycles. The van der Waals surface area contributed by atoms with Gasteiger partial charge >= 0.3 is 0 Å². The highest BCUT2D eigenvalue weighted by molar-refractivity contribution is 14.1. The highest BCUT2D eigenvalue weighted by Gasteiger charge is 2.13. The maximum absolute atomic E-state index is 4.69. The van der Waals surface area contributed by atoms with Crippen molar-refractivity contribution < 1.29 is 0 Å². The van der Waals surface area contributed by atoms with E-state index in [0.29, 0.717) is 0 Å². The van der Waals surface area contributed by atoms with Crippen LogP contribution in [0, 0.1) is 3.57 Å². The Labute approximate surface area is 131 Å². The summed E-state index contributed by atoms with van der Waals surface area (Å²) >= 11 is 3.91. The maximum atomic E-state index is 4.69. The van der Waals surface area contributed by atoms with Gasteiger partial charge in [-0.1, -0.05) is 20.3 Å². The fraction of sp³-hybridized carbons (Fsp3) is 0.462. The minimum Gasteiger partial charge on any atom is -0.369 e. The second-order valence-corrected chi connectivity index (χ2v) is 6.16. The fourth-order valence-corrected chi connectivity index (χ4v) is 2.95. The molecule has 0 aromatic carbocycles. The Kier molecular flexibility index (Phi) is 5.50. The molecule has 0 radical (unpaired) electrons. The molecule has 0 aliphatic rings. The van der Waals surface area contributed by atoms with Gasteiger partial charge in [-0.05, 0) is 35.4 Å². The van der Waals surface area contributed by atoms with Gasteiger partial charge in [-0.25, -0.2) is 9.97 Å². The van der Waals surface area contributed by atoms with Gasteiger partial charge in [0.2, 0.25) is 0 Å². The average Bonchev–Trinajstić information content (AvgIpc) is 2.94. The average molecular weight is 388 g/mol. The van der Waals surface area contributed by atoms with E-state index in [0.717, 1.165) is 51.6 Å². The van der Waals surface area contributed by atoms with Gasteiger partial charge in [0.15, 0.2) is 5.82 Å². The number of halogens is 1.